The number of aliphatic hydroxyl groups is 1. The highest BCUT2D eigenvalue weighted by molar-refractivity contribution is 7.99. The highest BCUT2D eigenvalue weighted by Gasteiger charge is 2.54. The van der Waals surface area contributed by atoms with Crippen LogP contribution in [0.15, 0.2) is 217 Å². The van der Waals surface area contributed by atoms with E-state index in [-0.39, 0.29) is 39.6 Å². The van der Waals surface area contributed by atoms with Crippen molar-refractivity contribution < 1.29 is 47.7 Å². The maximum atomic E-state index is 12.8. The molecule has 368 valence electrons. The molecular formula is C60H62O10S. The molecule has 7 aromatic rings. The Morgan fingerprint density at radius 1 is 0.352 bits per heavy atom. The fourth-order valence-electron chi connectivity index (χ4n) is 8.77. The molecule has 4 unspecified atom stereocenters. The second-order valence-corrected chi connectivity index (χ2v) is 18.8. The van der Waals surface area contributed by atoms with E-state index in [1.807, 2.05) is 212 Å². The van der Waals surface area contributed by atoms with Crippen molar-refractivity contribution in [1.29, 1.82) is 0 Å². The van der Waals surface area contributed by atoms with Gasteiger partial charge in [-0.2, -0.15) is 0 Å². The molecule has 0 radical (unpaired) electrons. The van der Waals surface area contributed by atoms with E-state index in [4.69, 9.17) is 42.6 Å². The Balaban J connectivity index is 1.07. The largest absolute Gasteiger partial charge is 0.385 e. The van der Waals surface area contributed by atoms with Gasteiger partial charge < -0.3 is 47.7 Å². The molecule has 71 heavy (non-hydrogen) atoms. The van der Waals surface area contributed by atoms with Crippen LogP contribution < -0.4 is 0 Å². The molecule has 2 aliphatic heterocycles. The molecule has 0 bridgehead atoms. The quantitative estimate of drug-likeness (QED) is 0.0626. The highest BCUT2D eigenvalue weighted by atomic mass is 32.2. The minimum Gasteiger partial charge on any atom is -0.385 e. The molecule has 1 N–H and O–H groups in total. The summed E-state index contributed by atoms with van der Waals surface area (Å²) in [6.07, 6.45) is -7.96. The van der Waals surface area contributed by atoms with Crippen LogP contribution in [0.5, 0.6) is 0 Å². The summed E-state index contributed by atoms with van der Waals surface area (Å²) in [5, 5.41) is 12.8. The minimum atomic E-state index is -1.34. The summed E-state index contributed by atoms with van der Waals surface area (Å²) in [5.41, 5.74) is 5.22. The van der Waals surface area contributed by atoms with Crippen LogP contribution >= 0.6 is 11.8 Å². The van der Waals surface area contributed by atoms with Crippen LogP contribution in [-0.2, 0) is 82.3 Å². The smallest absolute Gasteiger partial charge is 0.187 e. The Morgan fingerprint density at radius 3 is 1.08 bits per heavy atom. The third-order valence-corrected chi connectivity index (χ3v) is 13.6. The molecule has 10 nitrogen and oxygen atoms in total. The number of rotatable bonds is 24. The third-order valence-electron chi connectivity index (χ3n) is 12.4. The van der Waals surface area contributed by atoms with Crippen LogP contribution in [0.25, 0.3) is 0 Å². The van der Waals surface area contributed by atoms with Gasteiger partial charge in [0.1, 0.15) is 54.3 Å². The zero-order valence-corrected chi connectivity index (χ0v) is 40.5. The van der Waals surface area contributed by atoms with Crippen molar-refractivity contribution >= 4 is 11.8 Å². The third kappa shape index (κ3) is 14.8. The van der Waals surface area contributed by atoms with Crippen molar-refractivity contribution in [3.8, 4) is 0 Å². The van der Waals surface area contributed by atoms with Crippen LogP contribution in [0, 0.1) is 0 Å². The van der Waals surface area contributed by atoms with Crippen molar-refractivity contribution in [2.75, 3.05) is 13.2 Å². The van der Waals surface area contributed by atoms with Crippen molar-refractivity contribution in [2.45, 2.75) is 105 Å². The van der Waals surface area contributed by atoms with Crippen LogP contribution in [0.3, 0.4) is 0 Å². The van der Waals surface area contributed by atoms with Crippen LogP contribution in [0.4, 0.5) is 0 Å². The molecule has 0 spiro atoms. The van der Waals surface area contributed by atoms with E-state index in [2.05, 4.69) is 0 Å². The Labute approximate surface area is 421 Å². The first-order chi connectivity index (χ1) is 35.1. The fraction of sp³-hybridized carbons (Fsp3) is 0.300. The predicted molar refractivity (Wildman–Crippen MR) is 273 cm³/mol. The first-order valence-corrected chi connectivity index (χ1v) is 25.2. The van der Waals surface area contributed by atoms with Gasteiger partial charge in [-0.15, -0.1) is 0 Å². The second-order valence-electron chi connectivity index (χ2n) is 17.7. The monoisotopic (exact) mass is 974 g/mol. The molecule has 2 fully saturated rings. The minimum absolute atomic E-state index is 0.118. The van der Waals surface area contributed by atoms with E-state index in [1.54, 1.807) is 0 Å². The molecule has 0 aliphatic carbocycles. The van der Waals surface area contributed by atoms with Crippen molar-refractivity contribution in [3.63, 3.8) is 0 Å². The number of thioether (sulfide) groups is 1. The molecule has 2 heterocycles. The van der Waals surface area contributed by atoms with E-state index >= 15 is 0 Å². The SMILES string of the molecule is OC1[C@@H](OC2[C@@H](Sc3ccccc3)OC(COCc3ccccc3)[C@@H](OCc3ccccc3)[C@@H]2OCc2ccccc2)OC(COCc2ccccc2)[C@@H](OCc2ccccc2)[C@@H]1OCc1ccccc1. The second kappa shape index (κ2) is 26.8. The van der Waals surface area contributed by atoms with Crippen LogP contribution in [-0.4, -0.2) is 78.9 Å². The van der Waals surface area contributed by atoms with Crippen LogP contribution in [0.1, 0.15) is 33.4 Å². The van der Waals surface area contributed by atoms with Gasteiger partial charge in [-0.25, -0.2) is 0 Å². The van der Waals surface area contributed by atoms with E-state index in [0.29, 0.717) is 13.2 Å². The Bertz CT molecular complexity index is 2530. The lowest BCUT2D eigenvalue weighted by Gasteiger charge is -2.49. The zero-order valence-electron chi connectivity index (χ0n) is 39.7. The number of benzene rings is 7. The first-order valence-electron chi connectivity index (χ1n) is 24.3. The summed E-state index contributed by atoms with van der Waals surface area (Å²) in [6.45, 7) is 2.03. The van der Waals surface area contributed by atoms with Crippen molar-refractivity contribution in [3.05, 3.63) is 246 Å². The van der Waals surface area contributed by atoms with E-state index in [9.17, 15) is 5.11 Å². The number of aliphatic hydroxyl groups excluding tert-OH is 1. The van der Waals surface area contributed by atoms with Crippen molar-refractivity contribution in [2.24, 2.45) is 0 Å². The lowest BCUT2D eigenvalue weighted by atomic mass is 9.96. The molecule has 2 aliphatic rings. The molecule has 9 rings (SSSR count). The van der Waals surface area contributed by atoms with Gasteiger partial charge in [-0.05, 0) is 45.5 Å². The molecule has 0 aromatic heterocycles. The van der Waals surface area contributed by atoms with Gasteiger partial charge in [0.15, 0.2) is 6.29 Å². The summed E-state index contributed by atoms with van der Waals surface area (Å²) in [5.74, 6) is 0. The van der Waals surface area contributed by atoms with Crippen LogP contribution in [0.2, 0.25) is 0 Å². The number of ether oxygens (including phenoxy) is 9. The van der Waals surface area contributed by atoms with Gasteiger partial charge in [0.2, 0.25) is 0 Å². The van der Waals surface area contributed by atoms with Gasteiger partial charge in [0, 0.05) is 4.90 Å². The lowest BCUT2D eigenvalue weighted by Crippen LogP contribution is -2.65. The maximum absolute atomic E-state index is 12.8. The molecule has 0 amide bonds. The van der Waals surface area contributed by atoms with Gasteiger partial charge in [-0.3, -0.25) is 0 Å². The van der Waals surface area contributed by atoms with Gasteiger partial charge in [-0.1, -0.05) is 212 Å². The zero-order chi connectivity index (χ0) is 48.3. The Kier molecular flexibility index (Phi) is 19.0. The van der Waals surface area contributed by atoms with E-state index < -0.39 is 60.6 Å². The van der Waals surface area contributed by atoms with Crippen molar-refractivity contribution in [1.82, 2.24) is 0 Å². The average molecular weight is 975 g/mol. The van der Waals surface area contributed by atoms with Gasteiger partial charge in [0.05, 0.1) is 52.9 Å². The first kappa shape index (κ1) is 50.4. The summed E-state index contributed by atoms with van der Waals surface area (Å²) >= 11 is 1.51. The highest BCUT2D eigenvalue weighted by Crippen LogP contribution is 2.40. The molecule has 7 aromatic carbocycles. The summed E-state index contributed by atoms with van der Waals surface area (Å²) in [4.78, 5) is 0.955. The van der Waals surface area contributed by atoms with Gasteiger partial charge in [0.25, 0.3) is 0 Å². The number of hydrogen-bond acceptors (Lipinski definition) is 11. The number of hydrogen-bond donors (Lipinski definition) is 1. The molecular weight excluding hydrogens is 913 g/mol. The fourth-order valence-corrected chi connectivity index (χ4v) is 9.90. The lowest BCUT2D eigenvalue weighted by molar-refractivity contribution is -0.350. The van der Waals surface area contributed by atoms with E-state index in [0.717, 1.165) is 38.3 Å². The standard InChI is InChI=1S/C60H62O10S/c61-53-56(66-40-48-30-16-5-17-31-48)54(64-38-46-26-12-3-13-27-46)51(42-62-36-44-22-8-1-9-23-44)68-59(53)70-58-57(67-41-49-32-18-6-19-33-49)55(65-39-47-28-14-4-15-29-47)52(43-63-37-45-24-10-2-11-25-45)69-60(58)71-50-34-20-7-21-35-50/h1-35,51-61H,36-43H2/t51?,52?,53?,54-,55-,56-,57+,58?,59-,60-/m1/s1. The molecule has 10 atom stereocenters. The Morgan fingerprint density at radius 2 is 0.676 bits per heavy atom. The normalized spacial score (nSPS) is 24.4. The predicted octanol–water partition coefficient (Wildman–Crippen LogP) is 10.7. The summed E-state index contributed by atoms with van der Waals surface area (Å²) in [6, 6.07) is 70.0. The molecule has 0 saturated carbocycles. The topological polar surface area (TPSA) is 103 Å². The summed E-state index contributed by atoms with van der Waals surface area (Å²) < 4.78 is 61.8. The molecule has 2 saturated heterocycles. The maximum Gasteiger partial charge on any atom is 0.187 e. The molecule has 11 heteroatoms. The Hall–Kier alpha value is -5.51. The average Bonchev–Trinajstić information content (AvgIpc) is 3.42. The van der Waals surface area contributed by atoms with Gasteiger partial charge >= 0.3 is 0 Å². The summed E-state index contributed by atoms with van der Waals surface area (Å²) in [7, 11) is 0. The van der Waals surface area contributed by atoms with E-state index in [1.165, 1.54) is 11.8 Å².